The summed E-state index contributed by atoms with van der Waals surface area (Å²) in [6.45, 7) is 8.81. The number of aryl methyl sites for hydroxylation is 2. The van der Waals surface area contributed by atoms with E-state index in [0.717, 1.165) is 17.0 Å². The third kappa shape index (κ3) is 4.92. The topological polar surface area (TPSA) is 112 Å². The number of aromatic nitrogens is 4. The molecule has 1 aliphatic heterocycles. The maximum atomic E-state index is 12.4. The summed E-state index contributed by atoms with van der Waals surface area (Å²) in [4.78, 5) is 21.3. The lowest BCUT2D eigenvalue weighted by Gasteiger charge is -2.19. The van der Waals surface area contributed by atoms with E-state index in [2.05, 4.69) is 25.7 Å². The van der Waals surface area contributed by atoms with Crippen LogP contribution in [0.25, 0.3) is 5.82 Å². The Bertz CT molecular complexity index is 1430. The Kier molecular flexibility index (Phi) is 6.16. The van der Waals surface area contributed by atoms with E-state index in [9.17, 15) is 4.79 Å². The molecule has 0 unspecified atom stereocenters. The van der Waals surface area contributed by atoms with Gasteiger partial charge in [0.2, 0.25) is 5.88 Å². The van der Waals surface area contributed by atoms with E-state index in [-0.39, 0.29) is 6.03 Å². The molecule has 0 spiro atoms. The van der Waals surface area contributed by atoms with Crippen molar-refractivity contribution in [3.63, 3.8) is 0 Å². The molecule has 2 amide bonds. The van der Waals surface area contributed by atoms with Crippen molar-refractivity contribution in [3.05, 3.63) is 71.3 Å². The maximum Gasteiger partial charge on any atom is 0.323 e. The van der Waals surface area contributed by atoms with Gasteiger partial charge < -0.3 is 24.8 Å². The highest BCUT2D eigenvalue weighted by Gasteiger charge is 2.14. The van der Waals surface area contributed by atoms with Gasteiger partial charge in [-0.05, 0) is 69.7 Å². The van der Waals surface area contributed by atoms with Gasteiger partial charge in [-0.3, -0.25) is 0 Å². The van der Waals surface area contributed by atoms with E-state index in [0.29, 0.717) is 59.4 Å². The molecule has 5 rings (SSSR count). The highest BCUT2D eigenvalue weighted by molar-refractivity contribution is 6.00. The van der Waals surface area contributed by atoms with Gasteiger partial charge in [-0.2, -0.15) is 10.1 Å². The molecule has 0 bridgehead atoms. The number of hydrogen-bond acceptors (Lipinski definition) is 7. The zero-order valence-electron chi connectivity index (χ0n) is 20.5. The Morgan fingerprint density at radius 2 is 1.58 bits per heavy atom. The first-order valence-electron chi connectivity index (χ1n) is 11.5. The fraction of sp³-hybridized carbons (Fsp3) is 0.231. The quantitative estimate of drug-likeness (QED) is 0.403. The van der Waals surface area contributed by atoms with Crippen LogP contribution in [0.5, 0.6) is 23.1 Å². The van der Waals surface area contributed by atoms with Crippen LogP contribution in [0.15, 0.2) is 48.5 Å². The fourth-order valence-corrected chi connectivity index (χ4v) is 3.77. The van der Waals surface area contributed by atoms with E-state index in [4.69, 9.17) is 14.2 Å². The van der Waals surface area contributed by atoms with Crippen LogP contribution in [-0.2, 0) is 0 Å². The van der Waals surface area contributed by atoms with Crippen molar-refractivity contribution in [2.45, 2.75) is 27.7 Å². The molecule has 0 saturated carbocycles. The second-order valence-corrected chi connectivity index (χ2v) is 8.38. The van der Waals surface area contributed by atoms with Crippen molar-refractivity contribution in [3.8, 4) is 28.9 Å². The number of ether oxygens (including phenoxy) is 3. The molecule has 10 nitrogen and oxygen atoms in total. The van der Waals surface area contributed by atoms with E-state index in [1.54, 1.807) is 53.2 Å². The van der Waals surface area contributed by atoms with E-state index < -0.39 is 0 Å². The Morgan fingerprint density at radius 3 is 2.31 bits per heavy atom. The first kappa shape index (κ1) is 23.2. The van der Waals surface area contributed by atoms with Crippen LogP contribution in [0.2, 0.25) is 0 Å². The summed E-state index contributed by atoms with van der Waals surface area (Å²) in [5.74, 6) is 3.46. The van der Waals surface area contributed by atoms with Gasteiger partial charge in [0.25, 0.3) is 0 Å². The number of anilines is 2. The van der Waals surface area contributed by atoms with E-state index in [1.165, 1.54) is 0 Å². The molecule has 10 heteroatoms. The number of rotatable bonds is 5. The average molecular weight is 487 g/mol. The van der Waals surface area contributed by atoms with Crippen LogP contribution < -0.4 is 24.8 Å². The summed E-state index contributed by atoms with van der Waals surface area (Å²) in [5, 5.41) is 10.2. The molecule has 0 radical (unpaired) electrons. The number of carbonyl (C=O) groups excluding carboxylic acids is 1. The molecule has 0 saturated heterocycles. The van der Waals surface area contributed by atoms with Gasteiger partial charge in [-0.25, -0.2) is 14.5 Å². The Hall–Kier alpha value is -4.60. The van der Waals surface area contributed by atoms with Crippen LogP contribution in [0, 0.1) is 27.7 Å². The third-order valence-electron chi connectivity index (χ3n) is 5.81. The maximum absolute atomic E-state index is 12.4. The number of fused-ring (bicyclic) bond motifs is 1. The van der Waals surface area contributed by atoms with Crippen LogP contribution in [0.1, 0.15) is 22.8 Å². The summed E-state index contributed by atoms with van der Waals surface area (Å²) >= 11 is 0. The molecule has 4 aromatic rings. The number of nitrogens with one attached hydrogen (secondary N) is 2. The fourth-order valence-electron chi connectivity index (χ4n) is 3.77. The molecule has 0 atom stereocenters. The highest BCUT2D eigenvalue weighted by atomic mass is 16.6. The van der Waals surface area contributed by atoms with Crippen molar-refractivity contribution >= 4 is 17.4 Å². The Morgan fingerprint density at radius 1 is 0.889 bits per heavy atom. The summed E-state index contributed by atoms with van der Waals surface area (Å²) < 4.78 is 18.8. The van der Waals surface area contributed by atoms with Crippen LogP contribution in [-0.4, -0.2) is 39.0 Å². The first-order valence-corrected chi connectivity index (χ1v) is 11.5. The summed E-state index contributed by atoms with van der Waals surface area (Å²) in [7, 11) is 0. The standard InChI is InChI=1S/C26H26N6O4/c1-15-16(2)31-32(17(15)3)24-14-25(28-18(4)27-24)36-21-8-5-19(6-9-21)29-26(33)30-20-7-10-22-23(13-20)35-12-11-34-22/h5-10,13-14H,11-12H2,1-4H3,(H2,29,30,33). The van der Waals surface area contributed by atoms with E-state index >= 15 is 0 Å². The summed E-state index contributed by atoms with van der Waals surface area (Å²) in [5.41, 5.74) is 4.29. The monoisotopic (exact) mass is 486 g/mol. The number of urea groups is 1. The number of nitrogens with zero attached hydrogens (tertiary/aromatic N) is 4. The molecule has 3 heterocycles. The van der Waals surface area contributed by atoms with Gasteiger partial charge in [0, 0.05) is 29.2 Å². The zero-order valence-corrected chi connectivity index (χ0v) is 20.5. The minimum absolute atomic E-state index is 0.378. The molecule has 36 heavy (non-hydrogen) atoms. The summed E-state index contributed by atoms with van der Waals surface area (Å²) in [6.07, 6.45) is 0. The first-order chi connectivity index (χ1) is 17.4. The minimum atomic E-state index is -0.378. The van der Waals surface area contributed by atoms with Gasteiger partial charge in [0.05, 0.1) is 5.69 Å². The molecule has 2 aromatic carbocycles. The molecule has 184 valence electrons. The predicted molar refractivity (Wildman–Crippen MR) is 135 cm³/mol. The third-order valence-corrected chi connectivity index (χ3v) is 5.81. The van der Waals surface area contributed by atoms with Crippen molar-refractivity contribution in [1.29, 1.82) is 0 Å². The van der Waals surface area contributed by atoms with E-state index in [1.807, 2.05) is 27.7 Å². The average Bonchev–Trinajstić information content (AvgIpc) is 3.12. The Labute approximate surface area is 208 Å². The number of hydrogen-bond donors (Lipinski definition) is 2. The second kappa shape index (κ2) is 9.57. The van der Waals surface area contributed by atoms with Gasteiger partial charge in [0.15, 0.2) is 17.3 Å². The highest BCUT2D eigenvalue weighted by Crippen LogP contribution is 2.32. The number of amides is 2. The molecule has 2 aromatic heterocycles. The van der Waals surface area contributed by atoms with Crippen molar-refractivity contribution < 1.29 is 19.0 Å². The largest absolute Gasteiger partial charge is 0.486 e. The van der Waals surface area contributed by atoms with Crippen molar-refractivity contribution in [2.75, 3.05) is 23.8 Å². The van der Waals surface area contributed by atoms with Gasteiger partial charge in [-0.1, -0.05) is 0 Å². The van der Waals surface area contributed by atoms with Crippen molar-refractivity contribution in [2.24, 2.45) is 0 Å². The Balaban J connectivity index is 1.24. The van der Waals surface area contributed by atoms with Crippen molar-refractivity contribution in [1.82, 2.24) is 19.7 Å². The SMILES string of the molecule is Cc1nc(Oc2ccc(NC(=O)Nc3ccc4c(c3)OCCO4)cc2)cc(-n2nc(C)c(C)c2C)n1. The molecule has 1 aliphatic rings. The molecule has 0 fully saturated rings. The lowest BCUT2D eigenvalue weighted by molar-refractivity contribution is 0.171. The van der Waals surface area contributed by atoms with Crippen LogP contribution >= 0.6 is 0 Å². The minimum Gasteiger partial charge on any atom is -0.486 e. The zero-order chi connectivity index (χ0) is 25.2. The molecular weight excluding hydrogens is 460 g/mol. The molecule has 0 aliphatic carbocycles. The number of benzene rings is 2. The predicted octanol–water partition coefficient (Wildman–Crippen LogP) is 5.10. The second-order valence-electron chi connectivity index (χ2n) is 8.38. The van der Waals surface area contributed by atoms with Gasteiger partial charge in [0.1, 0.15) is 24.8 Å². The van der Waals surface area contributed by atoms with Gasteiger partial charge in [-0.15, -0.1) is 0 Å². The smallest absolute Gasteiger partial charge is 0.323 e. The molecule has 2 N–H and O–H groups in total. The van der Waals surface area contributed by atoms with Crippen LogP contribution in [0.4, 0.5) is 16.2 Å². The van der Waals surface area contributed by atoms with Crippen LogP contribution in [0.3, 0.4) is 0 Å². The lowest BCUT2D eigenvalue weighted by Crippen LogP contribution is -2.20. The van der Waals surface area contributed by atoms with Gasteiger partial charge >= 0.3 is 6.03 Å². The summed E-state index contributed by atoms with van der Waals surface area (Å²) in [6, 6.07) is 13.6. The number of carbonyl (C=O) groups is 1. The normalized spacial score (nSPS) is 12.2. The molecular formula is C26H26N6O4. The lowest BCUT2D eigenvalue weighted by atomic mass is 10.2.